The number of benzene rings is 1. The summed E-state index contributed by atoms with van der Waals surface area (Å²) in [6, 6.07) is 10.2. The van der Waals surface area contributed by atoms with Crippen LogP contribution in [0.2, 0.25) is 0 Å². The molecule has 0 saturated heterocycles. The lowest BCUT2D eigenvalue weighted by Gasteiger charge is -2.20. The summed E-state index contributed by atoms with van der Waals surface area (Å²) in [6.45, 7) is -2.84. The molecular formula is C14H14F2N2O. The zero-order valence-electron chi connectivity index (χ0n) is 10.4. The fraction of sp³-hybridized carbons (Fsp3) is 0.214. The molecule has 0 aliphatic carbocycles. The van der Waals surface area contributed by atoms with Crippen LogP contribution in [0.15, 0.2) is 48.8 Å². The Morgan fingerprint density at radius 2 is 1.95 bits per heavy atom. The first kappa shape index (κ1) is 13.4. The van der Waals surface area contributed by atoms with Gasteiger partial charge in [0.2, 0.25) is 0 Å². The number of nitrogens with zero attached hydrogens (tertiary/aromatic N) is 1. The fourth-order valence-corrected chi connectivity index (χ4v) is 1.97. The average Bonchev–Trinajstić information content (AvgIpc) is 2.42. The molecule has 0 aliphatic heterocycles. The second kappa shape index (κ2) is 6.24. The maximum Gasteiger partial charge on any atom is 0.387 e. The SMILES string of the molecule is CNC(c1cccnc1)c1ccccc1OC(F)F. The van der Waals surface area contributed by atoms with Crippen molar-refractivity contribution in [2.45, 2.75) is 12.7 Å². The fourth-order valence-electron chi connectivity index (χ4n) is 1.97. The van der Waals surface area contributed by atoms with Crippen LogP contribution in [0.1, 0.15) is 17.2 Å². The molecule has 2 rings (SSSR count). The number of ether oxygens (including phenoxy) is 1. The lowest BCUT2D eigenvalue weighted by atomic mass is 9.99. The van der Waals surface area contributed by atoms with Gasteiger partial charge in [0.05, 0.1) is 6.04 Å². The lowest BCUT2D eigenvalue weighted by Crippen LogP contribution is -2.19. The molecule has 1 N–H and O–H groups in total. The summed E-state index contributed by atoms with van der Waals surface area (Å²) >= 11 is 0. The smallest absolute Gasteiger partial charge is 0.387 e. The molecular weight excluding hydrogens is 250 g/mol. The number of nitrogens with one attached hydrogen (secondary N) is 1. The van der Waals surface area contributed by atoms with Gasteiger partial charge in [-0.15, -0.1) is 0 Å². The predicted molar refractivity (Wildman–Crippen MR) is 68.2 cm³/mol. The summed E-state index contributed by atoms with van der Waals surface area (Å²) in [5, 5.41) is 3.08. The molecule has 5 heteroatoms. The number of pyridine rings is 1. The third-order valence-corrected chi connectivity index (χ3v) is 2.75. The molecule has 1 unspecified atom stereocenters. The lowest BCUT2D eigenvalue weighted by molar-refractivity contribution is -0.0506. The number of rotatable bonds is 5. The van der Waals surface area contributed by atoms with Crippen molar-refractivity contribution in [2.75, 3.05) is 7.05 Å². The van der Waals surface area contributed by atoms with Crippen LogP contribution in [0.4, 0.5) is 8.78 Å². The van der Waals surface area contributed by atoms with Gasteiger partial charge in [0, 0.05) is 18.0 Å². The molecule has 0 radical (unpaired) electrons. The second-order valence-corrected chi connectivity index (χ2v) is 3.92. The molecule has 3 nitrogen and oxygen atoms in total. The van der Waals surface area contributed by atoms with E-state index in [2.05, 4.69) is 15.0 Å². The number of halogens is 2. The van der Waals surface area contributed by atoms with E-state index in [1.54, 1.807) is 43.7 Å². The topological polar surface area (TPSA) is 34.2 Å². The zero-order valence-corrected chi connectivity index (χ0v) is 10.4. The number of aromatic nitrogens is 1. The van der Waals surface area contributed by atoms with Crippen LogP contribution in [0.3, 0.4) is 0 Å². The van der Waals surface area contributed by atoms with Crippen LogP contribution in [-0.4, -0.2) is 18.6 Å². The Morgan fingerprint density at radius 1 is 1.16 bits per heavy atom. The van der Waals surface area contributed by atoms with Crippen molar-refractivity contribution < 1.29 is 13.5 Å². The van der Waals surface area contributed by atoms with Crippen molar-refractivity contribution in [2.24, 2.45) is 0 Å². The Kier molecular flexibility index (Phi) is 4.41. The molecule has 0 saturated carbocycles. The zero-order chi connectivity index (χ0) is 13.7. The Morgan fingerprint density at radius 3 is 2.58 bits per heavy atom. The van der Waals surface area contributed by atoms with Gasteiger partial charge in [-0.3, -0.25) is 4.98 Å². The standard InChI is InChI=1S/C14H14F2N2O/c1-17-13(10-5-4-8-18-9-10)11-6-2-3-7-12(11)19-14(15)16/h2-9,13-14,17H,1H3. The van der Waals surface area contributed by atoms with Gasteiger partial charge in [-0.1, -0.05) is 24.3 Å². The summed E-state index contributed by atoms with van der Waals surface area (Å²) < 4.78 is 29.4. The molecule has 1 atom stereocenters. The van der Waals surface area contributed by atoms with Crippen molar-refractivity contribution in [3.05, 3.63) is 59.9 Å². The van der Waals surface area contributed by atoms with Gasteiger partial charge in [-0.25, -0.2) is 0 Å². The maximum atomic E-state index is 12.4. The van der Waals surface area contributed by atoms with Gasteiger partial charge in [-0.2, -0.15) is 8.78 Å². The molecule has 0 fully saturated rings. The van der Waals surface area contributed by atoms with Crippen molar-refractivity contribution in [3.63, 3.8) is 0 Å². The normalized spacial score (nSPS) is 12.4. The van der Waals surface area contributed by atoms with E-state index in [9.17, 15) is 8.78 Å². The highest BCUT2D eigenvalue weighted by molar-refractivity contribution is 5.40. The van der Waals surface area contributed by atoms with Gasteiger partial charge in [0.1, 0.15) is 5.75 Å². The van der Waals surface area contributed by atoms with Crippen LogP contribution in [0.25, 0.3) is 0 Å². The van der Waals surface area contributed by atoms with Gasteiger partial charge >= 0.3 is 6.61 Å². The van der Waals surface area contributed by atoms with Crippen LogP contribution in [0.5, 0.6) is 5.75 Å². The maximum absolute atomic E-state index is 12.4. The average molecular weight is 264 g/mol. The minimum absolute atomic E-state index is 0.167. The highest BCUT2D eigenvalue weighted by Crippen LogP contribution is 2.30. The molecule has 1 aromatic carbocycles. The largest absolute Gasteiger partial charge is 0.434 e. The van der Waals surface area contributed by atoms with E-state index in [1.165, 1.54) is 6.07 Å². The Labute approximate surface area is 110 Å². The minimum atomic E-state index is -2.84. The van der Waals surface area contributed by atoms with E-state index < -0.39 is 6.61 Å². The van der Waals surface area contributed by atoms with E-state index >= 15 is 0 Å². The number of para-hydroxylation sites is 1. The summed E-state index contributed by atoms with van der Waals surface area (Å²) in [5.41, 5.74) is 1.54. The van der Waals surface area contributed by atoms with Gasteiger partial charge in [0.15, 0.2) is 0 Å². The molecule has 100 valence electrons. The number of hydrogen-bond acceptors (Lipinski definition) is 3. The Hall–Kier alpha value is -2.01. The van der Waals surface area contributed by atoms with Gasteiger partial charge < -0.3 is 10.1 Å². The van der Waals surface area contributed by atoms with E-state index in [0.717, 1.165) is 5.56 Å². The third kappa shape index (κ3) is 3.26. The summed E-state index contributed by atoms with van der Waals surface area (Å²) in [4.78, 5) is 4.04. The minimum Gasteiger partial charge on any atom is -0.434 e. The number of alkyl halides is 2. The van der Waals surface area contributed by atoms with Gasteiger partial charge in [-0.05, 0) is 24.7 Å². The van der Waals surface area contributed by atoms with Gasteiger partial charge in [0.25, 0.3) is 0 Å². The van der Waals surface area contributed by atoms with Crippen molar-refractivity contribution in [1.82, 2.24) is 10.3 Å². The monoisotopic (exact) mass is 264 g/mol. The second-order valence-electron chi connectivity index (χ2n) is 3.92. The van der Waals surface area contributed by atoms with Crippen LogP contribution < -0.4 is 10.1 Å². The van der Waals surface area contributed by atoms with Crippen LogP contribution in [0, 0.1) is 0 Å². The van der Waals surface area contributed by atoms with Crippen molar-refractivity contribution in [3.8, 4) is 5.75 Å². The van der Waals surface area contributed by atoms with Crippen LogP contribution in [-0.2, 0) is 0 Å². The summed E-state index contributed by atoms with van der Waals surface area (Å²) in [6.07, 6.45) is 3.36. The highest BCUT2D eigenvalue weighted by Gasteiger charge is 2.18. The molecule has 19 heavy (non-hydrogen) atoms. The predicted octanol–water partition coefficient (Wildman–Crippen LogP) is 2.99. The van der Waals surface area contributed by atoms with Crippen molar-refractivity contribution in [1.29, 1.82) is 0 Å². The summed E-state index contributed by atoms with van der Waals surface area (Å²) in [7, 11) is 1.76. The number of hydrogen-bond donors (Lipinski definition) is 1. The Balaban J connectivity index is 2.38. The Bertz CT molecular complexity index is 520. The summed E-state index contributed by atoms with van der Waals surface area (Å²) in [5.74, 6) is 0.167. The third-order valence-electron chi connectivity index (χ3n) is 2.75. The van der Waals surface area contributed by atoms with E-state index in [1.807, 2.05) is 6.07 Å². The molecule has 1 aromatic heterocycles. The highest BCUT2D eigenvalue weighted by atomic mass is 19.3. The molecule has 0 aliphatic rings. The first-order chi connectivity index (χ1) is 9.22. The van der Waals surface area contributed by atoms with E-state index in [0.29, 0.717) is 5.56 Å². The van der Waals surface area contributed by atoms with Crippen LogP contribution >= 0.6 is 0 Å². The quantitative estimate of drug-likeness (QED) is 0.901. The molecule has 0 bridgehead atoms. The molecule has 1 heterocycles. The first-order valence-electron chi connectivity index (χ1n) is 5.83. The molecule has 0 spiro atoms. The molecule has 0 amide bonds. The molecule has 2 aromatic rings. The first-order valence-corrected chi connectivity index (χ1v) is 5.83. The van der Waals surface area contributed by atoms with Crippen molar-refractivity contribution >= 4 is 0 Å². The van der Waals surface area contributed by atoms with E-state index in [4.69, 9.17) is 0 Å². The van der Waals surface area contributed by atoms with E-state index in [-0.39, 0.29) is 11.8 Å².